The van der Waals surface area contributed by atoms with Crippen molar-refractivity contribution >= 4 is 5.91 Å². The normalized spacial score (nSPS) is 17.1. The highest BCUT2D eigenvalue weighted by atomic mass is 16.5. The Morgan fingerprint density at radius 2 is 2.22 bits per heavy atom. The monoisotopic (exact) mass is 248 g/mol. The van der Waals surface area contributed by atoms with Crippen molar-refractivity contribution in [2.45, 2.75) is 13.5 Å². The first kappa shape index (κ1) is 13.1. The molecule has 0 aromatic heterocycles. The van der Waals surface area contributed by atoms with Gasteiger partial charge >= 0.3 is 0 Å². The number of ether oxygens (including phenoxy) is 1. The lowest BCUT2D eigenvalue weighted by Crippen LogP contribution is -2.58. The van der Waals surface area contributed by atoms with Gasteiger partial charge in [-0.1, -0.05) is 29.8 Å². The van der Waals surface area contributed by atoms with Gasteiger partial charge in [0.1, 0.15) is 5.41 Å². The molecule has 2 N–H and O–H groups in total. The van der Waals surface area contributed by atoms with Gasteiger partial charge in [-0.05, 0) is 12.5 Å². The molecular formula is C14H20N2O2. The van der Waals surface area contributed by atoms with Crippen molar-refractivity contribution in [3.63, 3.8) is 0 Å². The molecule has 1 saturated heterocycles. The fourth-order valence-corrected chi connectivity index (χ4v) is 2.24. The summed E-state index contributed by atoms with van der Waals surface area (Å²) in [5.74, 6) is 0.0813. The van der Waals surface area contributed by atoms with Crippen LogP contribution in [0, 0.1) is 12.3 Å². The first-order chi connectivity index (χ1) is 8.57. The molecule has 1 aromatic rings. The highest BCUT2D eigenvalue weighted by molar-refractivity contribution is 5.84. The van der Waals surface area contributed by atoms with Crippen LogP contribution in [0.25, 0.3) is 0 Å². The SMILES string of the molecule is Cc1cccc(CN(C)C(=O)C2(CN)COC2)c1. The van der Waals surface area contributed by atoms with Crippen molar-refractivity contribution in [2.75, 3.05) is 26.8 Å². The molecule has 1 fully saturated rings. The molecular weight excluding hydrogens is 228 g/mol. The van der Waals surface area contributed by atoms with Crippen LogP contribution in [0.1, 0.15) is 11.1 Å². The second-order valence-corrected chi connectivity index (χ2v) is 5.13. The maximum atomic E-state index is 12.3. The van der Waals surface area contributed by atoms with E-state index in [2.05, 4.69) is 6.07 Å². The molecule has 0 saturated carbocycles. The molecule has 0 radical (unpaired) electrons. The third kappa shape index (κ3) is 2.40. The molecule has 0 unspecified atom stereocenters. The Kier molecular flexibility index (Phi) is 3.68. The van der Waals surface area contributed by atoms with Crippen LogP contribution in [0.15, 0.2) is 24.3 Å². The summed E-state index contributed by atoms with van der Waals surface area (Å²) in [6.07, 6.45) is 0. The molecule has 0 atom stereocenters. The van der Waals surface area contributed by atoms with Gasteiger partial charge in [-0.3, -0.25) is 4.79 Å². The molecule has 1 aliphatic heterocycles. The minimum Gasteiger partial charge on any atom is -0.379 e. The van der Waals surface area contributed by atoms with E-state index in [4.69, 9.17) is 10.5 Å². The van der Waals surface area contributed by atoms with Crippen LogP contribution < -0.4 is 5.73 Å². The second-order valence-electron chi connectivity index (χ2n) is 5.13. The Hall–Kier alpha value is -1.39. The van der Waals surface area contributed by atoms with Gasteiger partial charge < -0.3 is 15.4 Å². The van der Waals surface area contributed by atoms with Crippen LogP contribution in [0.3, 0.4) is 0 Å². The number of rotatable bonds is 4. The summed E-state index contributed by atoms with van der Waals surface area (Å²) in [6.45, 7) is 3.90. The second kappa shape index (κ2) is 5.08. The molecule has 4 nitrogen and oxygen atoms in total. The maximum absolute atomic E-state index is 12.3. The van der Waals surface area contributed by atoms with Crippen LogP contribution in [0.5, 0.6) is 0 Å². The molecule has 98 valence electrons. The Morgan fingerprint density at radius 3 is 2.72 bits per heavy atom. The Morgan fingerprint density at radius 1 is 1.50 bits per heavy atom. The lowest BCUT2D eigenvalue weighted by atomic mass is 9.84. The summed E-state index contributed by atoms with van der Waals surface area (Å²) in [6, 6.07) is 8.18. The number of aryl methyl sites for hydroxylation is 1. The quantitative estimate of drug-likeness (QED) is 0.862. The maximum Gasteiger partial charge on any atom is 0.234 e. The average molecular weight is 248 g/mol. The van der Waals surface area contributed by atoms with Crippen molar-refractivity contribution in [1.29, 1.82) is 0 Å². The van der Waals surface area contributed by atoms with Gasteiger partial charge in [0.05, 0.1) is 13.2 Å². The van der Waals surface area contributed by atoms with Crippen molar-refractivity contribution in [1.82, 2.24) is 4.90 Å². The molecule has 1 amide bonds. The summed E-state index contributed by atoms with van der Waals surface area (Å²) in [5.41, 5.74) is 7.55. The molecule has 1 heterocycles. The molecule has 18 heavy (non-hydrogen) atoms. The van der Waals surface area contributed by atoms with E-state index in [-0.39, 0.29) is 5.91 Å². The van der Waals surface area contributed by atoms with Gasteiger partial charge in [0.2, 0.25) is 5.91 Å². The van der Waals surface area contributed by atoms with Gasteiger partial charge in [-0.2, -0.15) is 0 Å². The first-order valence-electron chi connectivity index (χ1n) is 6.16. The summed E-state index contributed by atoms with van der Waals surface area (Å²) < 4.78 is 5.14. The van der Waals surface area contributed by atoms with E-state index in [1.807, 2.05) is 32.2 Å². The van der Waals surface area contributed by atoms with Crippen LogP contribution in [-0.4, -0.2) is 37.6 Å². The van der Waals surface area contributed by atoms with Gasteiger partial charge in [-0.15, -0.1) is 0 Å². The number of nitrogens with two attached hydrogens (primary N) is 1. The highest BCUT2D eigenvalue weighted by Gasteiger charge is 2.46. The minimum atomic E-state index is -0.488. The van der Waals surface area contributed by atoms with Crippen LogP contribution in [-0.2, 0) is 16.1 Å². The Balaban J connectivity index is 2.03. The number of carbonyl (C=O) groups is 1. The topological polar surface area (TPSA) is 55.6 Å². The lowest BCUT2D eigenvalue weighted by Gasteiger charge is -2.41. The van der Waals surface area contributed by atoms with Crippen molar-refractivity contribution in [3.05, 3.63) is 35.4 Å². The smallest absolute Gasteiger partial charge is 0.234 e. The Bertz CT molecular complexity index is 436. The van der Waals surface area contributed by atoms with E-state index in [0.717, 1.165) is 5.56 Å². The predicted octanol–water partition coefficient (Wildman–Crippen LogP) is 0.929. The van der Waals surface area contributed by atoms with E-state index in [1.54, 1.807) is 4.90 Å². The van der Waals surface area contributed by atoms with Crippen LogP contribution in [0.4, 0.5) is 0 Å². The third-order valence-electron chi connectivity index (χ3n) is 3.45. The van der Waals surface area contributed by atoms with E-state index in [9.17, 15) is 4.79 Å². The fraction of sp³-hybridized carbons (Fsp3) is 0.500. The summed E-state index contributed by atoms with van der Waals surface area (Å²) >= 11 is 0. The van der Waals surface area contributed by atoms with E-state index < -0.39 is 5.41 Å². The van der Waals surface area contributed by atoms with E-state index in [1.165, 1.54) is 5.56 Å². The summed E-state index contributed by atoms with van der Waals surface area (Å²) in [4.78, 5) is 14.1. The summed E-state index contributed by atoms with van der Waals surface area (Å²) in [5, 5.41) is 0. The number of benzene rings is 1. The fourth-order valence-electron chi connectivity index (χ4n) is 2.24. The summed E-state index contributed by atoms with van der Waals surface area (Å²) in [7, 11) is 1.82. The van der Waals surface area contributed by atoms with E-state index >= 15 is 0 Å². The zero-order valence-corrected chi connectivity index (χ0v) is 11.0. The number of hydrogen-bond donors (Lipinski definition) is 1. The molecule has 1 aromatic carbocycles. The van der Waals surface area contributed by atoms with Gasteiger partial charge in [0, 0.05) is 20.1 Å². The van der Waals surface area contributed by atoms with Gasteiger partial charge in [0.25, 0.3) is 0 Å². The number of nitrogens with zero attached hydrogens (tertiary/aromatic N) is 1. The standard InChI is InChI=1S/C14H20N2O2/c1-11-4-3-5-12(6-11)7-16(2)13(17)14(8-15)9-18-10-14/h3-6H,7-10,15H2,1-2H3. The highest BCUT2D eigenvalue weighted by Crippen LogP contribution is 2.28. The third-order valence-corrected chi connectivity index (χ3v) is 3.45. The number of hydrogen-bond acceptors (Lipinski definition) is 3. The number of amides is 1. The van der Waals surface area contributed by atoms with Gasteiger partial charge in [0.15, 0.2) is 0 Å². The molecule has 0 aliphatic carbocycles. The van der Waals surface area contributed by atoms with Gasteiger partial charge in [-0.25, -0.2) is 0 Å². The van der Waals surface area contributed by atoms with Crippen molar-refractivity contribution in [2.24, 2.45) is 11.1 Å². The molecule has 0 spiro atoms. The zero-order valence-electron chi connectivity index (χ0n) is 11.0. The van der Waals surface area contributed by atoms with Crippen LogP contribution >= 0.6 is 0 Å². The van der Waals surface area contributed by atoms with Crippen molar-refractivity contribution < 1.29 is 9.53 Å². The predicted molar refractivity (Wildman–Crippen MR) is 70.0 cm³/mol. The zero-order chi connectivity index (χ0) is 13.2. The number of carbonyl (C=O) groups excluding carboxylic acids is 1. The largest absolute Gasteiger partial charge is 0.379 e. The Labute approximate surface area is 108 Å². The van der Waals surface area contributed by atoms with Crippen molar-refractivity contribution in [3.8, 4) is 0 Å². The average Bonchev–Trinajstić information content (AvgIpc) is 2.28. The molecule has 0 bridgehead atoms. The first-order valence-corrected chi connectivity index (χ1v) is 6.16. The minimum absolute atomic E-state index is 0.0813. The van der Waals surface area contributed by atoms with E-state index in [0.29, 0.717) is 26.3 Å². The molecule has 1 aliphatic rings. The molecule has 4 heteroatoms. The lowest BCUT2D eigenvalue weighted by molar-refractivity contribution is -0.169. The van der Waals surface area contributed by atoms with Crippen LogP contribution in [0.2, 0.25) is 0 Å². The molecule has 2 rings (SSSR count).